The predicted molar refractivity (Wildman–Crippen MR) is 101 cm³/mol. The Kier molecular flexibility index (Phi) is 4.80. The third-order valence-corrected chi connectivity index (χ3v) is 4.77. The summed E-state index contributed by atoms with van der Waals surface area (Å²) in [5, 5.41) is 10.5. The molecular weight excluding hydrogens is 324 g/mol. The van der Waals surface area contributed by atoms with Gasteiger partial charge in [0.15, 0.2) is 0 Å². The van der Waals surface area contributed by atoms with E-state index < -0.39 is 0 Å². The van der Waals surface area contributed by atoms with E-state index in [9.17, 15) is 4.79 Å². The summed E-state index contributed by atoms with van der Waals surface area (Å²) < 4.78 is 1.92. The first-order chi connectivity index (χ1) is 12.8. The standard InChI is InChI=1S/C21H22N4O/c26-21-20(10-12-22-21)23-14-18-4-1-2-5-19(18)17-8-6-16(7-9-17)15-25-13-3-11-24-25/h1-9,11,13,20,23H,10,12,14-15H2,(H,22,26). The molecule has 2 N–H and O–H groups in total. The van der Waals surface area contributed by atoms with E-state index in [-0.39, 0.29) is 11.9 Å². The van der Waals surface area contributed by atoms with Crippen LogP contribution in [-0.2, 0) is 17.9 Å². The second kappa shape index (κ2) is 7.54. The molecule has 1 amide bonds. The Labute approximate surface area is 153 Å². The van der Waals surface area contributed by atoms with Crippen molar-refractivity contribution in [2.75, 3.05) is 6.54 Å². The fourth-order valence-electron chi connectivity index (χ4n) is 3.35. The molecule has 5 nitrogen and oxygen atoms in total. The number of hydrogen-bond acceptors (Lipinski definition) is 3. The van der Waals surface area contributed by atoms with E-state index in [1.165, 1.54) is 22.3 Å². The monoisotopic (exact) mass is 346 g/mol. The van der Waals surface area contributed by atoms with Gasteiger partial charge in [-0.1, -0.05) is 48.5 Å². The third kappa shape index (κ3) is 3.68. The molecule has 0 bridgehead atoms. The van der Waals surface area contributed by atoms with Gasteiger partial charge in [0.05, 0.1) is 12.6 Å². The summed E-state index contributed by atoms with van der Waals surface area (Å²) >= 11 is 0. The molecule has 0 aliphatic carbocycles. The first-order valence-electron chi connectivity index (χ1n) is 8.95. The molecule has 132 valence electrons. The van der Waals surface area contributed by atoms with Gasteiger partial charge in [0, 0.05) is 25.5 Å². The molecular formula is C21H22N4O. The lowest BCUT2D eigenvalue weighted by Crippen LogP contribution is -2.35. The maximum atomic E-state index is 11.7. The molecule has 2 heterocycles. The summed E-state index contributed by atoms with van der Waals surface area (Å²) in [5.74, 6) is 0.102. The number of nitrogens with zero attached hydrogens (tertiary/aromatic N) is 2. The highest BCUT2D eigenvalue weighted by Gasteiger charge is 2.23. The third-order valence-electron chi connectivity index (χ3n) is 4.77. The molecule has 0 spiro atoms. The molecule has 1 saturated heterocycles. The van der Waals surface area contributed by atoms with E-state index in [0.717, 1.165) is 19.5 Å². The zero-order valence-corrected chi connectivity index (χ0v) is 14.6. The minimum absolute atomic E-state index is 0.0838. The Morgan fingerprint density at radius 3 is 2.69 bits per heavy atom. The number of hydrogen-bond donors (Lipinski definition) is 2. The molecule has 3 aromatic rings. The highest BCUT2D eigenvalue weighted by Crippen LogP contribution is 2.24. The molecule has 1 atom stereocenters. The predicted octanol–water partition coefficient (Wildman–Crippen LogP) is 2.58. The van der Waals surface area contributed by atoms with Gasteiger partial charge in [0.1, 0.15) is 0 Å². The lowest BCUT2D eigenvalue weighted by molar-refractivity contribution is -0.120. The summed E-state index contributed by atoms with van der Waals surface area (Å²) in [4.78, 5) is 11.7. The lowest BCUT2D eigenvalue weighted by Gasteiger charge is -2.14. The molecule has 26 heavy (non-hydrogen) atoms. The summed E-state index contributed by atoms with van der Waals surface area (Å²) in [5.41, 5.74) is 4.80. The zero-order valence-electron chi connectivity index (χ0n) is 14.6. The normalized spacial score (nSPS) is 16.6. The number of nitrogens with one attached hydrogen (secondary N) is 2. The fourth-order valence-corrected chi connectivity index (χ4v) is 3.35. The fraction of sp³-hybridized carbons (Fsp3) is 0.238. The number of aromatic nitrogens is 2. The molecule has 0 radical (unpaired) electrons. The van der Waals surface area contributed by atoms with Gasteiger partial charge in [-0.15, -0.1) is 0 Å². The summed E-state index contributed by atoms with van der Waals surface area (Å²) in [6, 6.07) is 18.8. The first kappa shape index (κ1) is 16.5. The number of benzene rings is 2. The molecule has 1 aromatic heterocycles. The minimum atomic E-state index is -0.0838. The van der Waals surface area contributed by atoms with Crippen molar-refractivity contribution in [1.82, 2.24) is 20.4 Å². The Morgan fingerprint density at radius 1 is 1.12 bits per heavy atom. The molecule has 2 aromatic carbocycles. The maximum Gasteiger partial charge on any atom is 0.237 e. The van der Waals surface area contributed by atoms with Crippen molar-refractivity contribution >= 4 is 5.91 Å². The van der Waals surface area contributed by atoms with E-state index in [4.69, 9.17) is 0 Å². The smallest absolute Gasteiger partial charge is 0.237 e. The van der Waals surface area contributed by atoms with Crippen LogP contribution in [0.25, 0.3) is 11.1 Å². The summed E-state index contributed by atoms with van der Waals surface area (Å²) in [6.07, 6.45) is 4.61. The van der Waals surface area contributed by atoms with E-state index in [1.54, 1.807) is 6.20 Å². The second-order valence-electron chi connectivity index (χ2n) is 6.57. The van der Waals surface area contributed by atoms with Gasteiger partial charge >= 0.3 is 0 Å². The van der Waals surface area contributed by atoms with Gasteiger partial charge in [-0.25, -0.2) is 0 Å². The Morgan fingerprint density at radius 2 is 1.96 bits per heavy atom. The highest BCUT2D eigenvalue weighted by atomic mass is 16.2. The number of amides is 1. The largest absolute Gasteiger partial charge is 0.355 e. The van der Waals surface area contributed by atoms with Crippen molar-refractivity contribution in [1.29, 1.82) is 0 Å². The van der Waals surface area contributed by atoms with Crippen LogP contribution in [0.2, 0.25) is 0 Å². The van der Waals surface area contributed by atoms with Crippen LogP contribution < -0.4 is 10.6 Å². The molecule has 1 aliphatic heterocycles. The summed E-state index contributed by atoms with van der Waals surface area (Å²) in [7, 11) is 0. The van der Waals surface area contributed by atoms with Gasteiger partial charge in [-0.05, 0) is 34.7 Å². The Balaban J connectivity index is 1.49. The van der Waals surface area contributed by atoms with Gasteiger partial charge in [0.2, 0.25) is 5.91 Å². The molecule has 0 saturated carbocycles. The number of carbonyl (C=O) groups excluding carboxylic acids is 1. The van der Waals surface area contributed by atoms with Crippen molar-refractivity contribution in [2.45, 2.75) is 25.6 Å². The van der Waals surface area contributed by atoms with Crippen molar-refractivity contribution in [3.05, 3.63) is 78.1 Å². The van der Waals surface area contributed by atoms with Crippen molar-refractivity contribution in [3.8, 4) is 11.1 Å². The van der Waals surface area contributed by atoms with Gasteiger partial charge in [-0.2, -0.15) is 5.10 Å². The van der Waals surface area contributed by atoms with Crippen LogP contribution in [0.3, 0.4) is 0 Å². The maximum absolute atomic E-state index is 11.7. The van der Waals surface area contributed by atoms with E-state index in [2.05, 4.69) is 58.2 Å². The quantitative estimate of drug-likeness (QED) is 0.721. The second-order valence-corrected chi connectivity index (χ2v) is 6.57. The van der Waals surface area contributed by atoms with E-state index >= 15 is 0 Å². The Hall–Kier alpha value is -2.92. The SMILES string of the molecule is O=C1NCCC1NCc1ccccc1-c1ccc(Cn2cccn2)cc1. The highest BCUT2D eigenvalue weighted by molar-refractivity contribution is 5.83. The molecule has 5 heteroatoms. The van der Waals surface area contributed by atoms with Gasteiger partial charge in [0.25, 0.3) is 0 Å². The molecule has 4 rings (SSSR count). The van der Waals surface area contributed by atoms with E-state index in [0.29, 0.717) is 6.54 Å². The first-order valence-corrected chi connectivity index (χ1v) is 8.95. The summed E-state index contributed by atoms with van der Waals surface area (Å²) in [6.45, 7) is 2.21. The van der Waals surface area contributed by atoms with Crippen LogP contribution >= 0.6 is 0 Å². The van der Waals surface area contributed by atoms with Crippen molar-refractivity contribution in [2.24, 2.45) is 0 Å². The van der Waals surface area contributed by atoms with Crippen molar-refractivity contribution < 1.29 is 4.79 Å². The average molecular weight is 346 g/mol. The minimum Gasteiger partial charge on any atom is -0.355 e. The van der Waals surface area contributed by atoms with Crippen LogP contribution in [0.4, 0.5) is 0 Å². The van der Waals surface area contributed by atoms with Crippen LogP contribution in [-0.4, -0.2) is 28.3 Å². The van der Waals surface area contributed by atoms with Crippen LogP contribution in [0, 0.1) is 0 Å². The molecule has 1 aliphatic rings. The molecule has 1 fully saturated rings. The number of rotatable bonds is 6. The van der Waals surface area contributed by atoms with Gasteiger partial charge < -0.3 is 10.6 Å². The van der Waals surface area contributed by atoms with Crippen LogP contribution in [0.5, 0.6) is 0 Å². The lowest BCUT2D eigenvalue weighted by atomic mass is 9.98. The van der Waals surface area contributed by atoms with Crippen LogP contribution in [0.1, 0.15) is 17.5 Å². The van der Waals surface area contributed by atoms with Crippen LogP contribution in [0.15, 0.2) is 67.0 Å². The topological polar surface area (TPSA) is 59.0 Å². The average Bonchev–Trinajstić information content (AvgIpc) is 3.33. The zero-order chi connectivity index (χ0) is 17.8. The van der Waals surface area contributed by atoms with E-state index in [1.807, 2.05) is 23.0 Å². The molecule has 1 unspecified atom stereocenters. The van der Waals surface area contributed by atoms with Gasteiger partial charge in [-0.3, -0.25) is 9.48 Å². The Bertz CT molecular complexity index is 871. The van der Waals surface area contributed by atoms with Crippen molar-refractivity contribution in [3.63, 3.8) is 0 Å². The number of carbonyl (C=O) groups is 1.